The number of likely N-dealkylation sites (N-methyl/N-ethyl adjacent to an activating group) is 1. The number of piperazine rings is 1. The van der Waals surface area contributed by atoms with Crippen LogP contribution in [0, 0.1) is 11.7 Å². The van der Waals surface area contributed by atoms with Gasteiger partial charge in [-0.2, -0.15) is 0 Å². The van der Waals surface area contributed by atoms with E-state index in [4.69, 9.17) is 0 Å². The van der Waals surface area contributed by atoms with E-state index in [0.29, 0.717) is 32.7 Å². The van der Waals surface area contributed by atoms with Crippen molar-refractivity contribution in [3.8, 4) is 0 Å². The first kappa shape index (κ1) is 20.8. The van der Waals surface area contributed by atoms with Crippen LogP contribution >= 0.6 is 0 Å². The molecule has 7 nitrogen and oxygen atoms in total. The Morgan fingerprint density at radius 3 is 2.30 bits per heavy atom. The molecule has 1 aromatic carbocycles. The first-order chi connectivity index (χ1) is 12.8. The number of nitrogens with one attached hydrogen (secondary N) is 2. The van der Waals surface area contributed by atoms with Crippen molar-refractivity contribution in [2.45, 2.75) is 19.9 Å². The Balaban J connectivity index is 1.98. The van der Waals surface area contributed by atoms with Crippen molar-refractivity contribution in [3.05, 3.63) is 35.6 Å². The highest BCUT2D eigenvalue weighted by atomic mass is 19.1. The van der Waals surface area contributed by atoms with Gasteiger partial charge in [-0.15, -0.1) is 0 Å². The van der Waals surface area contributed by atoms with Crippen LogP contribution < -0.4 is 10.6 Å². The molecule has 1 aliphatic rings. The zero-order valence-electron chi connectivity index (χ0n) is 16.0. The molecule has 1 unspecified atom stereocenters. The second kappa shape index (κ2) is 9.45. The summed E-state index contributed by atoms with van der Waals surface area (Å²) in [6.45, 7) is 6.12. The van der Waals surface area contributed by atoms with Crippen molar-refractivity contribution in [2.75, 3.05) is 39.8 Å². The second-order valence-electron chi connectivity index (χ2n) is 6.95. The van der Waals surface area contributed by atoms with Crippen LogP contribution in [-0.4, -0.2) is 73.3 Å². The van der Waals surface area contributed by atoms with Crippen molar-refractivity contribution in [3.63, 3.8) is 0 Å². The molecule has 148 valence electrons. The van der Waals surface area contributed by atoms with E-state index in [-0.39, 0.29) is 23.3 Å². The van der Waals surface area contributed by atoms with E-state index in [2.05, 4.69) is 10.6 Å². The minimum atomic E-state index is -0.734. The van der Waals surface area contributed by atoms with Crippen LogP contribution in [0.2, 0.25) is 0 Å². The number of carbonyl (C=O) groups excluding carboxylic acids is 3. The molecule has 0 radical (unpaired) electrons. The van der Waals surface area contributed by atoms with Crippen molar-refractivity contribution in [1.29, 1.82) is 0 Å². The van der Waals surface area contributed by atoms with Gasteiger partial charge in [-0.25, -0.2) is 4.39 Å². The molecule has 0 spiro atoms. The molecule has 3 amide bonds. The predicted molar refractivity (Wildman–Crippen MR) is 99.6 cm³/mol. The van der Waals surface area contributed by atoms with Crippen LogP contribution in [0.15, 0.2) is 24.3 Å². The van der Waals surface area contributed by atoms with E-state index in [1.807, 2.05) is 18.7 Å². The Hall–Kier alpha value is -2.48. The summed E-state index contributed by atoms with van der Waals surface area (Å²) in [5.74, 6) is -1.61. The van der Waals surface area contributed by atoms with Gasteiger partial charge in [-0.3, -0.25) is 19.3 Å². The second-order valence-corrected chi connectivity index (χ2v) is 6.95. The Morgan fingerprint density at radius 1 is 1.11 bits per heavy atom. The van der Waals surface area contributed by atoms with E-state index in [0.717, 1.165) is 0 Å². The fourth-order valence-corrected chi connectivity index (χ4v) is 2.98. The van der Waals surface area contributed by atoms with Gasteiger partial charge in [0.25, 0.3) is 5.91 Å². The van der Waals surface area contributed by atoms with Crippen molar-refractivity contribution in [2.24, 2.45) is 5.92 Å². The minimum Gasteiger partial charge on any atom is -0.358 e. The third kappa shape index (κ3) is 5.50. The molecule has 0 aromatic heterocycles. The van der Waals surface area contributed by atoms with Crippen LogP contribution in [0.4, 0.5) is 4.39 Å². The molecule has 2 rings (SSSR count). The number of rotatable bonds is 6. The van der Waals surface area contributed by atoms with Gasteiger partial charge in [0.15, 0.2) is 0 Å². The fraction of sp³-hybridized carbons (Fsp3) is 0.526. The van der Waals surface area contributed by atoms with Gasteiger partial charge in [0.2, 0.25) is 11.8 Å². The molecule has 1 aromatic rings. The first-order valence-corrected chi connectivity index (χ1v) is 9.10. The molecule has 8 heteroatoms. The number of benzene rings is 1. The minimum absolute atomic E-state index is 0.0630. The number of hydrogen-bond acceptors (Lipinski definition) is 4. The molecule has 1 atom stereocenters. The Bertz CT molecular complexity index is 687. The molecular formula is C19H27FN4O3. The maximum atomic E-state index is 13.8. The molecule has 2 N–H and O–H groups in total. The largest absolute Gasteiger partial charge is 0.358 e. The van der Waals surface area contributed by atoms with Crippen molar-refractivity contribution >= 4 is 17.7 Å². The summed E-state index contributed by atoms with van der Waals surface area (Å²) in [6, 6.07) is 4.96. The predicted octanol–water partition coefficient (Wildman–Crippen LogP) is 0.470. The third-order valence-corrected chi connectivity index (χ3v) is 4.67. The summed E-state index contributed by atoms with van der Waals surface area (Å²) in [6.07, 6.45) is 0. The molecular weight excluding hydrogens is 351 g/mol. The summed E-state index contributed by atoms with van der Waals surface area (Å²) in [7, 11) is 1.59. The lowest BCUT2D eigenvalue weighted by Crippen LogP contribution is -2.57. The average Bonchev–Trinajstić information content (AvgIpc) is 2.66. The SMILES string of the molecule is CNC(=O)CN1CCN(C(=O)C(NC(=O)c2ccccc2F)C(C)C)CC1. The van der Waals surface area contributed by atoms with Crippen LogP contribution in [0.5, 0.6) is 0 Å². The van der Waals surface area contributed by atoms with Crippen LogP contribution in [0.25, 0.3) is 0 Å². The van der Waals surface area contributed by atoms with Crippen LogP contribution in [-0.2, 0) is 9.59 Å². The summed E-state index contributed by atoms with van der Waals surface area (Å²) in [5.41, 5.74) is -0.0775. The number of carbonyl (C=O) groups is 3. The zero-order chi connectivity index (χ0) is 20.0. The number of halogens is 1. The van der Waals surface area contributed by atoms with E-state index in [1.165, 1.54) is 18.2 Å². The van der Waals surface area contributed by atoms with Crippen LogP contribution in [0.3, 0.4) is 0 Å². The van der Waals surface area contributed by atoms with Crippen LogP contribution in [0.1, 0.15) is 24.2 Å². The highest BCUT2D eigenvalue weighted by Gasteiger charge is 2.31. The lowest BCUT2D eigenvalue weighted by molar-refractivity contribution is -0.136. The Labute approximate surface area is 158 Å². The summed E-state index contributed by atoms with van der Waals surface area (Å²) in [4.78, 5) is 40.4. The van der Waals surface area contributed by atoms with Gasteiger partial charge in [-0.1, -0.05) is 26.0 Å². The van der Waals surface area contributed by atoms with Gasteiger partial charge in [0.1, 0.15) is 11.9 Å². The summed E-state index contributed by atoms with van der Waals surface area (Å²) < 4.78 is 13.8. The normalized spacial score (nSPS) is 16.1. The van der Waals surface area contributed by atoms with Gasteiger partial charge in [-0.05, 0) is 18.1 Å². The number of hydrogen-bond donors (Lipinski definition) is 2. The van der Waals surface area contributed by atoms with E-state index >= 15 is 0 Å². The van der Waals surface area contributed by atoms with Gasteiger partial charge in [0.05, 0.1) is 12.1 Å². The number of amides is 3. The molecule has 27 heavy (non-hydrogen) atoms. The fourth-order valence-electron chi connectivity index (χ4n) is 2.98. The molecule has 1 fully saturated rings. The Morgan fingerprint density at radius 2 is 1.74 bits per heavy atom. The smallest absolute Gasteiger partial charge is 0.254 e. The van der Waals surface area contributed by atoms with E-state index < -0.39 is 17.8 Å². The van der Waals surface area contributed by atoms with Crippen molar-refractivity contribution in [1.82, 2.24) is 20.4 Å². The van der Waals surface area contributed by atoms with E-state index in [9.17, 15) is 18.8 Å². The van der Waals surface area contributed by atoms with Gasteiger partial charge in [0, 0.05) is 33.2 Å². The number of nitrogens with zero attached hydrogens (tertiary/aromatic N) is 2. The van der Waals surface area contributed by atoms with Gasteiger partial charge < -0.3 is 15.5 Å². The molecule has 0 saturated carbocycles. The van der Waals surface area contributed by atoms with E-state index in [1.54, 1.807) is 18.0 Å². The maximum absolute atomic E-state index is 13.8. The highest BCUT2D eigenvalue weighted by Crippen LogP contribution is 2.12. The monoisotopic (exact) mass is 378 g/mol. The molecule has 1 aliphatic heterocycles. The zero-order valence-corrected chi connectivity index (χ0v) is 16.0. The Kier molecular flexibility index (Phi) is 7.29. The average molecular weight is 378 g/mol. The highest BCUT2D eigenvalue weighted by molar-refractivity contribution is 5.97. The lowest BCUT2D eigenvalue weighted by Gasteiger charge is -2.37. The lowest BCUT2D eigenvalue weighted by atomic mass is 10.0. The molecule has 0 bridgehead atoms. The molecule has 1 saturated heterocycles. The quantitative estimate of drug-likeness (QED) is 0.754. The summed E-state index contributed by atoms with van der Waals surface area (Å²) >= 11 is 0. The van der Waals surface area contributed by atoms with Crippen molar-refractivity contribution < 1.29 is 18.8 Å². The topological polar surface area (TPSA) is 81.8 Å². The third-order valence-electron chi connectivity index (χ3n) is 4.67. The molecule has 0 aliphatic carbocycles. The first-order valence-electron chi connectivity index (χ1n) is 9.10. The summed E-state index contributed by atoms with van der Waals surface area (Å²) in [5, 5.41) is 5.26. The standard InChI is InChI=1S/C19H27FN4O3/c1-13(2)17(22-18(26)14-6-4-5-7-15(14)20)19(27)24-10-8-23(9-11-24)12-16(25)21-3/h4-7,13,17H,8-12H2,1-3H3,(H,21,25)(H,22,26). The molecule has 1 heterocycles. The van der Waals surface area contributed by atoms with Gasteiger partial charge >= 0.3 is 0 Å². The maximum Gasteiger partial charge on any atom is 0.254 e.